The SMILES string of the molecule is Cc1oc2ncn(CC(C)C)c(=O)c2c1C(=O)N[C@H](c1cccs1)C(C)C. The van der Waals surface area contributed by atoms with Crippen LogP contribution in [0.4, 0.5) is 0 Å². The lowest BCUT2D eigenvalue weighted by Crippen LogP contribution is -2.32. The number of carbonyl (C=O) groups is 1. The maximum Gasteiger partial charge on any atom is 0.265 e. The fraction of sp³-hybridized carbons (Fsp3) is 0.450. The van der Waals surface area contributed by atoms with Crippen molar-refractivity contribution in [3.63, 3.8) is 0 Å². The molecular weight excluding hydrogens is 362 g/mol. The predicted molar refractivity (Wildman–Crippen MR) is 107 cm³/mol. The van der Waals surface area contributed by atoms with Gasteiger partial charge < -0.3 is 9.73 Å². The fourth-order valence-electron chi connectivity index (χ4n) is 3.18. The van der Waals surface area contributed by atoms with Gasteiger partial charge in [0, 0.05) is 11.4 Å². The second kappa shape index (κ2) is 7.68. The van der Waals surface area contributed by atoms with Gasteiger partial charge in [0.25, 0.3) is 11.5 Å². The smallest absolute Gasteiger partial charge is 0.265 e. The molecule has 3 aromatic heterocycles. The number of rotatable bonds is 6. The number of hydrogen-bond acceptors (Lipinski definition) is 5. The highest BCUT2D eigenvalue weighted by Gasteiger charge is 2.26. The number of aromatic nitrogens is 2. The Kier molecular flexibility index (Phi) is 5.51. The number of nitrogens with one attached hydrogen (secondary N) is 1. The van der Waals surface area contributed by atoms with Crippen LogP contribution in [0, 0.1) is 18.8 Å². The first kappa shape index (κ1) is 19.4. The summed E-state index contributed by atoms with van der Waals surface area (Å²) in [7, 11) is 0. The molecule has 0 aliphatic heterocycles. The van der Waals surface area contributed by atoms with Gasteiger partial charge in [0.15, 0.2) is 0 Å². The number of fused-ring (bicyclic) bond motifs is 1. The molecule has 0 saturated carbocycles. The maximum atomic E-state index is 13.1. The van der Waals surface area contributed by atoms with Crippen molar-refractivity contribution in [3.8, 4) is 0 Å². The average molecular weight is 388 g/mol. The van der Waals surface area contributed by atoms with Gasteiger partial charge in [0.2, 0.25) is 5.71 Å². The van der Waals surface area contributed by atoms with E-state index in [1.807, 2.05) is 31.4 Å². The molecule has 7 heteroatoms. The molecule has 0 spiro atoms. The molecule has 0 aliphatic carbocycles. The molecule has 27 heavy (non-hydrogen) atoms. The molecule has 1 atom stereocenters. The van der Waals surface area contributed by atoms with Crippen LogP contribution >= 0.6 is 11.3 Å². The Balaban J connectivity index is 2.03. The van der Waals surface area contributed by atoms with E-state index in [0.717, 1.165) is 4.88 Å². The molecule has 0 unspecified atom stereocenters. The Morgan fingerprint density at radius 2 is 2.07 bits per heavy atom. The van der Waals surface area contributed by atoms with Crippen molar-refractivity contribution in [1.82, 2.24) is 14.9 Å². The summed E-state index contributed by atoms with van der Waals surface area (Å²) in [6.45, 7) is 10.4. The summed E-state index contributed by atoms with van der Waals surface area (Å²) in [6, 6.07) is 3.85. The number of hydrogen-bond donors (Lipinski definition) is 1. The molecule has 3 rings (SSSR count). The first-order valence-electron chi connectivity index (χ1n) is 9.12. The van der Waals surface area contributed by atoms with E-state index in [2.05, 4.69) is 24.1 Å². The van der Waals surface area contributed by atoms with Crippen molar-refractivity contribution < 1.29 is 9.21 Å². The van der Waals surface area contributed by atoms with Crippen LogP contribution in [0.5, 0.6) is 0 Å². The molecule has 3 heterocycles. The lowest BCUT2D eigenvalue weighted by atomic mass is 10.0. The summed E-state index contributed by atoms with van der Waals surface area (Å²) < 4.78 is 7.15. The van der Waals surface area contributed by atoms with Gasteiger partial charge in [-0.25, -0.2) is 4.98 Å². The zero-order valence-corrected chi connectivity index (χ0v) is 17.1. The van der Waals surface area contributed by atoms with E-state index >= 15 is 0 Å². The van der Waals surface area contributed by atoms with E-state index in [1.165, 1.54) is 10.9 Å². The van der Waals surface area contributed by atoms with Crippen LogP contribution in [0.2, 0.25) is 0 Å². The normalized spacial score (nSPS) is 12.9. The van der Waals surface area contributed by atoms with Crippen molar-refractivity contribution in [1.29, 1.82) is 0 Å². The third-order valence-electron chi connectivity index (χ3n) is 4.45. The third-order valence-corrected chi connectivity index (χ3v) is 5.40. The van der Waals surface area contributed by atoms with Crippen LogP contribution in [0.1, 0.15) is 54.7 Å². The summed E-state index contributed by atoms with van der Waals surface area (Å²) in [5, 5.41) is 5.32. The van der Waals surface area contributed by atoms with Crippen LogP contribution < -0.4 is 10.9 Å². The number of amides is 1. The van der Waals surface area contributed by atoms with E-state index in [0.29, 0.717) is 12.3 Å². The van der Waals surface area contributed by atoms with Crippen molar-refractivity contribution in [3.05, 3.63) is 50.4 Å². The molecule has 0 saturated heterocycles. The van der Waals surface area contributed by atoms with Gasteiger partial charge in [-0.3, -0.25) is 14.2 Å². The average Bonchev–Trinajstić information content (AvgIpc) is 3.22. The number of nitrogens with zero attached hydrogens (tertiary/aromatic N) is 2. The minimum atomic E-state index is -0.306. The van der Waals surface area contributed by atoms with Crippen LogP contribution in [0.25, 0.3) is 11.1 Å². The Bertz CT molecular complexity index is 1000. The van der Waals surface area contributed by atoms with Gasteiger partial charge in [-0.1, -0.05) is 33.8 Å². The van der Waals surface area contributed by atoms with E-state index in [1.54, 1.807) is 18.3 Å². The summed E-state index contributed by atoms with van der Waals surface area (Å²) in [6.07, 6.45) is 1.48. The van der Waals surface area contributed by atoms with E-state index in [-0.39, 0.29) is 46.0 Å². The Hall–Kier alpha value is -2.41. The predicted octanol–water partition coefficient (Wildman–Crippen LogP) is 4.14. The fourth-order valence-corrected chi connectivity index (χ4v) is 4.13. The Labute approximate surface area is 162 Å². The molecule has 6 nitrogen and oxygen atoms in total. The van der Waals surface area contributed by atoms with Gasteiger partial charge in [-0.05, 0) is 30.2 Å². The van der Waals surface area contributed by atoms with Crippen molar-refractivity contribution >= 4 is 28.3 Å². The first-order valence-corrected chi connectivity index (χ1v) is 10.00. The quantitative estimate of drug-likeness (QED) is 0.689. The van der Waals surface area contributed by atoms with Crippen LogP contribution in [0.15, 0.2) is 33.1 Å². The molecule has 0 aliphatic rings. The van der Waals surface area contributed by atoms with Crippen LogP contribution in [-0.2, 0) is 6.54 Å². The maximum absolute atomic E-state index is 13.1. The minimum Gasteiger partial charge on any atom is -0.442 e. The molecule has 0 fully saturated rings. The molecule has 1 N–H and O–H groups in total. The van der Waals surface area contributed by atoms with E-state index in [9.17, 15) is 9.59 Å². The Morgan fingerprint density at radius 3 is 2.67 bits per heavy atom. The van der Waals surface area contributed by atoms with Crippen molar-refractivity contribution in [2.75, 3.05) is 0 Å². The monoisotopic (exact) mass is 387 g/mol. The summed E-state index contributed by atoms with van der Waals surface area (Å²) in [5.74, 6) is 0.598. The zero-order valence-electron chi connectivity index (χ0n) is 16.3. The van der Waals surface area contributed by atoms with Crippen LogP contribution in [0.3, 0.4) is 0 Å². The highest BCUT2D eigenvalue weighted by molar-refractivity contribution is 7.10. The Morgan fingerprint density at radius 1 is 1.33 bits per heavy atom. The van der Waals surface area contributed by atoms with Gasteiger partial charge in [0.1, 0.15) is 17.5 Å². The number of carbonyl (C=O) groups excluding carboxylic acids is 1. The lowest BCUT2D eigenvalue weighted by molar-refractivity contribution is 0.0926. The molecule has 3 aromatic rings. The molecule has 0 radical (unpaired) electrons. The minimum absolute atomic E-state index is 0.128. The second-order valence-corrected chi connectivity index (χ2v) is 8.50. The van der Waals surface area contributed by atoms with E-state index in [4.69, 9.17) is 4.42 Å². The van der Waals surface area contributed by atoms with Crippen LogP contribution in [-0.4, -0.2) is 15.5 Å². The second-order valence-electron chi connectivity index (χ2n) is 7.52. The highest BCUT2D eigenvalue weighted by Crippen LogP contribution is 2.28. The summed E-state index contributed by atoms with van der Waals surface area (Å²) in [5.41, 5.74) is 0.246. The molecular formula is C20H25N3O3S. The lowest BCUT2D eigenvalue weighted by Gasteiger charge is -2.21. The number of aryl methyl sites for hydroxylation is 1. The van der Waals surface area contributed by atoms with Gasteiger partial charge >= 0.3 is 0 Å². The number of furan rings is 1. The topological polar surface area (TPSA) is 77.1 Å². The van der Waals surface area contributed by atoms with E-state index < -0.39 is 0 Å². The summed E-state index contributed by atoms with van der Waals surface area (Å²) in [4.78, 5) is 31.4. The third kappa shape index (κ3) is 3.83. The standard InChI is InChI=1S/C20H25N3O3S/c1-11(2)9-23-10-21-19-16(20(23)25)15(13(5)26-19)18(24)22-17(12(3)4)14-7-6-8-27-14/h6-8,10-12,17H,9H2,1-5H3,(H,22,24)/t17-/m0/s1. The highest BCUT2D eigenvalue weighted by atomic mass is 32.1. The number of thiophene rings is 1. The first-order chi connectivity index (χ1) is 12.8. The molecule has 0 bridgehead atoms. The zero-order chi connectivity index (χ0) is 19.7. The largest absolute Gasteiger partial charge is 0.442 e. The van der Waals surface area contributed by atoms with Gasteiger partial charge in [0.05, 0.1) is 11.6 Å². The molecule has 1 amide bonds. The van der Waals surface area contributed by atoms with Gasteiger partial charge in [-0.2, -0.15) is 0 Å². The molecule has 144 valence electrons. The van der Waals surface area contributed by atoms with Crippen molar-refractivity contribution in [2.24, 2.45) is 11.8 Å². The molecule has 0 aromatic carbocycles. The van der Waals surface area contributed by atoms with Crippen molar-refractivity contribution in [2.45, 2.75) is 47.2 Å². The van der Waals surface area contributed by atoms with Gasteiger partial charge in [-0.15, -0.1) is 11.3 Å². The summed E-state index contributed by atoms with van der Waals surface area (Å²) >= 11 is 1.60.